The second kappa shape index (κ2) is 7.15. The lowest BCUT2D eigenvalue weighted by Gasteiger charge is -2.09. The van der Waals surface area contributed by atoms with Gasteiger partial charge in [0.25, 0.3) is 5.91 Å². The zero-order valence-corrected chi connectivity index (χ0v) is 15.0. The molecule has 0 radical (unpaired) electrons. The van der Waals surface area contributed by atoms with Gasteiger partial charge in [0, 0.05) is 18.0 Å². The topological polar surface area (TPSA) is 66.9 Å². The van der Waals surface area contributed by atoms with E-state index in [1.54, 1.807) is 41.9 Å². The van der Waals surface area contributed by atoms with Gasteiger partial charge in [-0.05, 0) is 31.5 Å². The lowest BCUT2D eigenvalue weighted by atomic mass is 10.2. The maximum atomic E-state index is 12.1. The maximum Gasteiger partial charge on any atom is 0.252 e. The van der Waals surface area contributed by atoms with Gasteiger partial charge in [0.2, 0.25) is 0 Å². The lowest BCUT2D eigenvalue weighted by Crippen LogP contribution is -2.29. The summed E-state index contributed by atoms with van der Waals surface area (Å²) in [4.78, 5) is 22.9. The van der Waals surface area contributed by atoms with Gasteiger partial charge in [-0.25, -0.2) is 9.97 Å². The molecule has 7 heteroatoms. The van der Waals surface area contributed by atoms with Gasteiger partial charge in [0.15, 0.2) is 0 Å². The highest BCUT2D eigenvalue weighted by Gasteiger charge is 2.12. The van der Waals surface area contributed by atoms with Crippen LogP contribution in [0.4, 0.5) is 5.82 Å². The Balaban J connectivity index is 1.61. The molecule has 124 valence electrons. The van der Waals surface area contributed by atoms with Crippen molar-refractivity contribution in [2.45, 2.75) is 13.8 Å². The van der Waals surface area contributed by atoms with Crippen LogP contribution in [0.5, 0.6) is 0 Å². The van der Waals surface area contributed by atoms with Gasteiger partial charge in [0.1, 0.15) is 17.0 Å². The molecule has 3 rings (SSSR count). The quantitative estimate of drug-likeness (QED) is 0.679. The molecule has 0 saturated carbocycles. The Morgan fingerprint density at radius 3 is 2.79 bits per heavy atom. The van der Waals surface area contributed by atoms with Crippen LogP contribution in [0.15, 0.2) is 30.6 Å². The van der Waals surface area contributed by atoms with Gasteiger partial charge in [-0.3, -0.25) is 4.79 Å². The average molecular weight is 361 g/mol. The number of benzene rings is 1. The molecular formula is C17H17ClN4OS. The van der Waals surface area contributed by atoms with Crippen LogP contribution in [0.2, 0.25) is 5.02 Å². The van der Waals surface area contributed by atoms with E-state index in [0.29, 0.717) is 23.7 Å². The highest BCUT2D eigenvalue weighted by molar-refractivity contribution is 7.18. The number of halogens is 1. The number of nitrogens with one attached hydrogen (secondary N) is 2. The van der Waals surface area contributed by atoms with Crippen molar-refractivity contribution in [2.24, 2.45) is 0 Å². The number of nitrogens with zero attached hydrogens (tertiary/aromatic N) is 2. The Bertz CT molecular complexity index is 893. The molecule has 0 fully saturated rings. The van der Waals surface area contributed by atoms with E-state index in [1.165, 1.54) is 10.4 Å². The van der Waals surface area contributed by atoms with Crippen LogP contribution in [0, 0.1) is 13.8 Å². The number of amides is 1. The second-order valence-corrected chi connectivity index (χ2v) is 6.96. The van der Waals surface area contributed by atoms with Crippen LogP contribution in [0.1, 0.15) is 20.8 Å². The summed E-state index contributed by atoms with van der Waals surface area (Å²) in [6, 6.07) is 7.00. The molecule has 0 aliphatic heterocycles. The highest BCUT2D eigenvalue weighted by Crippen LogP contribution is 2.32. The Morgan fingerprint density at radius 2 is 2.00 bits per heavy atom. The van der Waals surface area contributed by atoms with Crippen molar-refractivity contribution < 1.29 is 4.79 Å². The molecule has 2 aromatic heterocycles. The van der Waals surface area contributed by atoms with Crippen molar-refractivity contribution >= 4 is 44.9 Å². The number of anilines is 1. The number of aromatic nitrogens is 2. The number of carbonyl (C=O) groups is 1. The predicted molar refractivity (Wildman–Crippen MR) is 99.2 cm³/mol. The summed E-state index contributed by atoms with van der Waals surface area (Å²) in [7, 11) is 0. The normalized spacial score (nSPS) is 10.8. The minimum atomic E-state index is -0.183. The smallest absolute Gasteiger partial charge is 0.252 e. The molecular weight excluding hydrogens is 344 g/mol. The van der Waals surface area contributed by atoms with Crippen molar-refractivity contribution in [3.63, 3.8) is 0 Å². The Hall–Kier alpha value is -2.18. The van der Waals surface area contributed by atoms with Gasteiger partial charge in [0.05, 0.1) is 16.0 Å². The van der Waals surface area contributed by atoms with Crippen molar-refractivity contribution in [3.8, 4) is 0 Å². The maximum absolute atomic E-state index is 12.1. The van der Waals surface area contributed by atoms with Crippen molar-refractivity contribution in [3.05, 3.63) is 51.6 Å². The Labute approximate surface area is 149 Å². The monoisotopic (exact) mass is 360 g/mol. The number of carbonyl (C=O) groups excluding carboxylic acids is 1. The molecule has 24 heavy (non-hydrogen) atoms. The number of thiophene rings is 1. The summed E-state index contributed by atoms with van der Waals surface area (Å²) >= 11 is 7.68. The zero-order chi connectivity index (χ0) is 17.1. The van der Waals surface area contributed by atoms with Crippen LogP contribution in [-0.2, 0) is 0 Å². The molecule has 2 N–H and O–H groups in total. The van der Waals surface area contributed by atoms with Crippen molar-refractivity contribution in [1.82, 2.24) is 15.3 Å². The van der Waals surface area contributed by atoms with Crippen LogP contribution in [0.25, 0.3) is 10.2 Å². The first-order chi connectivity index (χ1) is 11.6. The summed E-state index contributed by atoms with van der Waals surface area (Å²) in [5, 5.41) is 7.62. The fourth-order valence-corrected chi connectivity index (χ4v) is 3.63. The molecule has 1 aromatic carbocycles. The van der Waals surface area contributed by atoms with Crippen LogP contribution >= 0.6 is 22.9 Å². The van der Waals surface area contributed by atoms with Gasteiger partial charge in [-0.15, -0.1) is 11.3 Å². The molecule has 0 unspecified atom stereocenters. The van der Waals surface area contributed by atoms with Gasteiger partial charge < -0.3 is 10.6 Å². The third-order valence-corrected chi connectivity index (χ3v) is 5.23. The van der Waals surface area contributed by atoms with Crippen molar-refractivity contribution in [1.29, 1.82) is 0 Å². The highest BCUT2D eigenvalue weighted by atomic mass is 35.5. The summed E-state index contributed by atoms with van der Waals surface area (Å²) in [5.74, 6) is 0.617. The largest absolute Gasteiger partial charge is 0.368 e. The molecule has 0 aliphatic carbocycles. The summed E-state index contributed by atoms with van der Waals surface area (Å²) in [6.07, 6.45) is 1.56. The molecule has 0 atom stereocenters. The third-order valence-electron chi connectivity index (χ3n) is 3.79. The fourth-order valence-electron chi connectivity index (χ4n) is 2.41. The average Bonchev–Trinajstić information content (AvgIpc) is 2.87. The van der Waals surface area contributed by atoms with E-state index in [9.17, 15) is 4.79 Å². The summed E-state index contributed by atoms with van der Waals surface area (Å²) < 4.78 is 0. The van der Waals surface area contributed by atoms with Crippen molar-refractivity contribution in [2.75, 3.05) is 18.4 Å². The summed E-state index contributed by atoms with van der Waals surface area (Å²) in [6.45, 7) is 5.19. The van der Waals surface area contributed by atoms with Crippen LogP contribution in [-0.4, -0.2) is 29.0 Å². The SMILES string of the molecule is Cc1sc2ncnc(NCCNC(=O)c3ccccc3Cl)c2c1C. The third kappa shape index (κ3) is 3.34. The van der Waals surface area contributed by atoms with E-state index in [0.717, 1.165) is 16.0 Å². The minimum absolute atomic E-state index is 0.183. The first kappa shape index (κ1) is 16.7. The molecule has 0 aliphatic rings. The van der Waals surface area contributed by atoms with Crippen LogP contribution < -0.4 is 10.6 Å². The van der Waals surface area contributed by atoms with E-state index in [-0.39, 0.29) is 5.91 Å². The van der Waals surface area contributed by atoms with Crippen LogP contribution in [0.3, 0.4) is 0 Å². The number of rotatable bonds is 5. The van der Waals surface area contributed by atoms with E-state index in [1.807, 2.05) is 0 Å². The van der Waals surface area contributed by atoms with E-state index in [4.69, 9.17) is 11.6 Å². The van der Waals surface area contributed by atoms with E-state index >= 15 is 0 Å². The number of hydrogen-bond donors (Lipinski definition) is 2. The Morgan fingerprint density at radius 1 is 1.21 bits per heavy atom. The predicted octanol–water partition coefficient (Wildman–Crippen LogP) is 3.80. The molecule has 0 saturated heterocycles. The molecule has 1 amide bonds. The minimum Gasteiger partial charge on any atom is -0.368 e. The van der Waals surface area contributed by atoms with E-state index in [2.05, 4.69) is 34.4 Å². The van der Waals surface area contributed by atoms with Gasteiger partial charge >= 0.3 is 0 Å². The first-order valence-electron chi connectivity index (χ1n) is 7.55. The number of fused-ring (bicyclic) bond motifs is 1. The molecule has 5 nitrogen and oxygen atoms in total. The molecule has 3 aromatic rings. The zero-order valence-electron chi connectivity index (χ0n) is 13.4. The Kier molecular flexibility index (Phi) is 4.97. The number of aryl methyl sites for hydroxylation is 2. The second-order valence-electron chi connectivity index (χ2n) is 5.35. The molecule has 0 bridgehead atoms. The lowest BCUT2D eigenvalue weighted by molar-refractivity contribution is 0.0955. The van der Waals surface area contributed by atoms with Gasteiger partial charge in [-0.1, -0.05) is 23.7 Å². The van der Waals surface area contributed by atoms with Gasteiger partial charge in [-0.2, -0.15) is 0 Å². The standard InChI is InChI=1S/C17H17ClN4OS/c1-10-11(2)24-17-14(10)15(21-9-22-17)19-7-8-20-16(23)12-5-3-4-6-13(12)18/h3-6,9H,7-8H2,1-2H3,(H,20,23)(H,19,21,22). The molecule has 0 spiro atoms. The fraction of sp³-hybridized carbons (Fsp3) is 0.235. The van der Waals surface area contributed by atoms with E-state index < -0.39 is 0 Å². The summed E-state index contributed by atoms with van der Waals surface area (Å²) in [5.41, 5.74) is 1.67. The number of hydrogen-bond acceptors (Lipinski definition) is 5. The first-order valence-corrected chi connectivity index (χ1v) is 8.74. The molecule has 2 heterocycles.